The van der Waals surface area contributed by atoms with E-state index in [9.17, 15) is 4.79 Å². The Morgan fingerprint density at radius 2 is 2.05 bits per heavy atom. The molecule has 20 heavy (non-hydrogen) atoms. The second-order valence-electron chi connectivity index (χ2n) is 3.91. The number of amides is 1. The molecule has 2 heterocycles. The maximum Gasteiger partial charge on any atom is 0.271 e. The first-order valence-electron chi connectivity index (χ1n) is 5.79. The van der Waals surface area contributed by atoms with Crippen molar-refractivity contribution in [2.45, 2.75) is 0 Å². The van der Waals surface area contributed by atoms with Gasteiger partial charge in [-0.15, -0.1) is 0 Å². The Morgan fingerprint density at radius 1 is 1.20 bits per heavy atom. The van der Waals surface area contributed by atoms with Gasteiger partial charge in [0.25, 0.3) is 5.91 Å². The van der Waals surface area contributed by atoms with Crippen molar-refractivity contribution in [3.63, 3.8) is 0 Å². The van der Waals surface area contributed by atoms with E-state index in [1.807, 2.05) is 0 Å². The quantitative estimate of drug-likeness (QED) is 0.571. The summed E-state index contributed by atoms with van der Waals surface area (Å²) in [6.45, 7) is 0. The van der Waals surface area contributed by atoms with Crippen LogP contribution in [0.4, 0.5) is 0 Å². The van der Waals surface area contributed by atoms with E-state index in [4.69, 9.17) is 0 Å². The lowest BCUT2D eigenvalue weighted by atomic mass is 10.2. The Bertz CT molecular complexity index is 767. The van der Waals surface area contributed by atoms with Crippen LogP contribution in [0.15, 0.2) is 52.5 Å². The first kappa shape index (κ1) is 12.0. The number of carbonyl (C=O) groups is 1. The summed E-state index contributed by atoms with van der Waals surface area (Å²) in [5, 5.41) is 11.4. The average Bonchev–Trinajstić information content (AvgIpc) is 2.97. The second kappa shape index (κ2) is 5.27. The van der Waals surface area contributed by atoms with Crippen LogP contribution in [0.5, 0.6) is 0 Å². The van der Waals surface area contributed by atoms with Crippen molar-refractivity contribution in [2.75, 3.05) is 0 Å². The predicted octanol–water partition coefficient (Wildman–Crippen LogP) is 1.38. The predicted molar refractivity (Wildman–Crippen MR) is 71.1 cm³/mol. The number of carbonyl (C=O) groups excluding carboxylic acids is 1. The zero-order valence-corrected chi connectivity index (χ0v) is 10.2. The van der Waals surface area contributed by atoms with E-state index in [1.54, 1.807) is 42.7 Å². The van der Waals surface area contributed by atoms with Gasteiger partial charge in [-0.25, -0.2) is 10.1 Å². The SMILES string of the molecule is O=C(N/N=C/c1cccc2nonc12)c1ccncc1. The fourth-order valence-electron chi connectivity index (χ4n) is 1.66. The van der Waals surface area contributed by atoms with Gasteiger partial charge < -0.3 is 0 Å². The van der Waals surface area contributed by atoms with E-state index < -0.39 is 0 Å². The van der Waals surface area contributed by atoms with Crippen molar-refractivity contribution in [3.05, 3.63) is 53.9 Å². The minimum Gasteiger partial charge on any atom is -0.267 e. The Labute approximate surface area is 113 Å². The van der Waals surface area contributed by atoms with Crippen LogP contribution < -0.4 is 5.43 Å². The van der Waals surface area contributed by atoms with Gasteiger partial charge in [-0.2, -0.15) is 5.10 Å². The summed E-state index contributed by atoms with van der Waals surface area (Å²) in [7, 11) is 0. The molecule has 0 radical (unpaired) electrons. The molecule has 0 aliphatic heterocycles. The number of rotatable bonds is 3. The number of benzene rings is 1. The van der Waals surface area contributed by atoms with E-state index in [-0.39, 0.29) is 5.91 Å². The van der Waals surface area contributed by atoms with Gasteiger partial charge in [-0.3, -0.25) is 9.78 Å². The molecule has 3 rings (SSSR count). The third-order valence-electron chi connectivity index (χ3n) is 2.63. The van der Waals surface area contributed by atoms with E-state index in [1.165, 1.54) is 6.21 Å². The van der Waals surface area contributed by atoms with Crippen LogP contribution in [0.25, 0.3) is 11.0 Å². The standard InChI is InChI=1S/C13H9N5O2/c19-13(9-4-6-14-7-5-9)16-15-8-10-2-1-3-11-12(10)18-20-17-11/h1-8H,(H,16,19)/b15-8+. The van der Waals surface area contributed by atoms with Crippen molar-refractivity contribution >= 4 is 23.2 Å². The molecule has 0 saturated carbocycles. The van der Waals surface area contributed by atoms with Gasteiger partial charge in [0.2, 0.25) is 0 Å². The number of fused-ring (bicyclic) bond motifs is 1. The molecule has 1 aromatic carbocycles. The van der Waals surface area contributed by atoms with Gasteiger partial charge in [-0.1, -0.05) is 12.1 Å². The number of nitrogens with one attached hydrogen (secondary N) is 1. The summed E-state index contributed by atoms with van der Waals surface area (Å²) in [4.78, 5) is 15.6. The second-order valence-corrected chi connectivity index (χ2v) is 3.91. The Hall–Kier alpha value is -3.09. The first-order valence-corrected chi connectivity index (χ1v) is 5.79. The molecule has 1 N–H and O–H groups in total. The minimum atomic E-state index is -0.311. The van der Waals surface area contributed by atoms with Crippen LogP contribution in [-0.4, -0.2) is 27.4 Å². The summed E-state index contributed by atoms with van der Waals surface area (Å²) < 4.78 is 4.65. The Balaban J connectivity index is 1.75. The van der Waals surface area contributed by atoms with E-state index in [0.717, 1.165) is 0 Å². The molecule has 1 amide bonds. The number of hydrogen-bond donors (Lipinski definition) is 1. The summed E-state index contributed by atoms with van der Waals surface area (Å²) in [6, 6.07) is 8.59. The van der Waals surface area contributed by atoms with Gasteiger partial charge in [0, 0.05) is 23.5 Å². The molecule has 7 heteroatoms. The largest absolute Gasteiger partial charge is 0.271 e. The van der Waals surface area contributed by atoms with Crippen LogP contribution in [0.1, 0.15) is 15.9 Å². The molecule has 0 bridgehead atoms. The van der Waals surface area contributed by atoms with Gasteiger partial charge in [0.05, 0.1) is 6.21 Å². The molecule has 0 atom stereocenters. The zero-order valence-electron chi connectivity index (χ0n) is 10.2. The van der Waals surface area contributed by atoms with Crippen LogP contribution in [0.2, 0.25) is 0 Å². The van der Waals surface area contributed by atoms with Gasteiger partial charge in [0.15, 0.2) is 0 Å². The third kappa shape index (κ3) is 2.37. The first-order chi connectivity index (χ1) is 9.84. The van der Waals surface area contributed by atoms with Crippen molar-refractivity contribution in [3.8, 4) is 0 Å². The normalized spacial score (nSPS) is 11.0. The lowest BCUT2D eigenvalue weighted by Gasteiger charge is -1.98. The molecule has 7 nitrogen and oxygen atoms in total. The zero-order chi connectivity index (χ0) is 13.8. The number of aromatic nitrogens is 3. The van der Waals surface area contributed by atoms with Crippen LogP contribution >= 0.6 is 0 Å². The number of hydrogen-bond acceptors (Lipinski definition) is 6. The van der Waals surface area contributed by atoms with E-state index in [2.05, 4.69) is 30.5 Å². The highest BCUT2D eigenvalue weighted by Gasteiger charge is 2.05. The molecule has 0 spiro atoms. The van der Waals surface area contributed by atoms with Gasteiger partial charge in [0.1, 0.15) is 11.0 Å². The van der Waals surface area contributed by atoms with Gasteiger partial charge >= 0.3 is 0 Å². The maximum absolute atomic E-state index is 11.7. The lowest BCUT2D eigenvalue weighted by Crippen LogP contribution is -2.17. The fraction of sp³-hybridized carbons (Fsp3) is 0. The smallest absolute Gasteiger partial charge is 0.267 e. The molecule has 0 saturated heterocycles. The number of pyridine rings is 1. The average molecular weight is 267 g/mol. The topological polar surface area (TPSA) is 93.3 Å². The minimum absolute atomic E-state index is 0.311. The monoisotopic (exact) mass is 267 g/mol. The van der Waals surface area contributed by atoms with E-state index >= 15 is 0 Å². The Morgan fingerprint density at radius 3 is 2.90 bits per heavy atom. The van der Waals surface area contributed by atoms with Gasteiger partial charge in [-0.05, 0) is 28.5 Å². The van der Waals surface area contributed by atoms with Crippen molar-refractivity contribution in [1.82, 2.24) is 20.7 Å². The van der Waals surface area contributed by atoms with Crippen LogP contribution in [-0.2, 0) is 0 Å². The maximum atomic E-state index is 11.7. The molecule has 3 aromatic rings. The highest BCUT2D eigenvalue weighted by atomic mass is 16.6. The summed E-state index contributed by atoms with van der Waals surface area (Å²) in [5.41, 5.74) is 4.85. The summed E-state index contributed by atoms with van der Waals surface area (Å²) in [6.07, 6.45) is 4.58. The molecule has 0 unspecified atom stereocenters. The highest BCUT2D eigenvalue weighted by molar-refractivity contribution is 5.97. The van der Waals surface area contributed by atoms with Crippen molar-refractivity contribution in [1.29, 1.82) is 0 Å². The van der Waals surface area contributed by atoms with Crippen LogP contribution in [0.3, 0.4) is 0 Å². The molecular weight excluding hydrogens is 258 g/mol. The third-order valence-corrected chi connectivity index (χ3v) is 2.63. The Kier molecular flexibility index (Phi) is 3.15. The number of hydrazone groups is 1. The summed E-state index contributed by atoms with van der Waals surface area (Å²) >= 11 is 0. The molecule has 0 fully saturated rings. The van der Waals surface area contributed by atoms with E-state index in [0.29, 0.717) is 22.2 Å². The lowest BCUT2D eigenvalue weighted by molar-refractivity contribution is 0.0955. The van der Waals surface area contributed by atoms with Crippen molar-refractivity contribution in [2.24, 2.45) is 5.10 Å². The highest BCUT2D eigenvalue weighted by Crippen LogP contribution is 2.12. The van der Waals surface area contributed by atoms with Crippen molar-refractivity contribution < 1.29 is 9.42 Å². The summed E-state index contributed by atoms with van der Waals surface area (Å²) in [5.74, 6) is -0.311. The molecule has 0 aliphatic rings. The molecule has 0 aliphatic carbocycles. The molecular formula is C13H9N5O2. The number of nitrogens with zero attached hydrogens (tertiary/aromatic N) is 4. The fourth-order valence-corrected chi connectivity index (χ4v) is 1.66. The molecule has 2 aromatic heterocycles. The molecule has 98 valence electrons. The van der Waals surface area contributed by atoms with Crippen LogP contribution in [0, 0.1) is 0 Å².